The van der Waals surface area contributed by atoms with Crippen molar-refractivity contribution < 1.29 is 14.6 Å². The van der Waals surface area contributed by atoms with Crippen LogP contribution in [0.2, 0.25) is 0 Å². The average molecular weight is 273 g/mol. The number of hydrogen-bond acceptors (Lipinski definition) is 4. The molecule has 0 bridgehead atoms. The first-order valence-corrected chi connectivity index (χ1v) is 6.59. The zero-order chi connectivity index (χ0) is 14.4. The molecular weight excluding hydrogens is 254 g/mol. The van der Waals surface area contributed by atoms with Gasteiger partial charge in [-0.1, -0.05) is 18.2 Å². The summed E-state index contributed by atoms with van der Waals surface area (Å²) in [4.78, 5) is 4.31. The second-order valence-corrected chi connectivity index (χ2v) is 4.53. The number of benzene rings is 1. The Morgan fingerprint density at radius 1 is 1.05 bits per heavy atom. The van der Waals surface area contributed by atoms with Gasteiger partial charge in [-0.3, -0.25) is 0 Å². The molecule has 0 aliphatic rings. The van der Waals surface area contributed by atoms with E-state index in [2.05, 4.69) is 4.98 Å². The van der Waals surface area contributed by atoms with Gasteiger partial charge in [0.1, 0.15) is 19.0 Å². The fraction of sp³-hybridized carbons (Fsp3) is 0.312. The van der Waals surface area contributed by atoms with E-state index in [9.17, 15) is 5.11 Å². The molecule has 4 nitrogen and oxygen atoms in total. The van der Waals surface area contributed by atoms with Gasteiger partial charge >= 0.3 is 0 Å². The average Bonchev–Trinajstić information content (AvgIpc) is 2.44. The van der Waals surface area contributed by atoms with E-state index < -0.39 is 0 Å². The summed E-state index contributed by atoms with van der Waals surface area (Å²) >= 11 is 0. The number of aliphatic hydroxyl groups is 1. The van der Waals surface area contributed by atoms with Crippen molar-refractivity contribution in [3.8, 4) is 11.6 Å². The van der Waals surface area contributed by atoms with Crippen LogP contribution in [0.5, 0.6) is 11.6 Å². The van der Waals surface area contributed by atoms with Crippen LogP contribution in [-0.2, 0) is 6.61 Å². The van der Waals surface area contributed by atoms with Crippen LogP contribution in [0.4, 0.5) is 0 Å². The summed E-state index contributed by atoms with van der Waals surface area (Å²) in [6, 6.07) is 11.5. The first kappa shape index (κ1) is 14.3. The van der Waals surface area contributed by atoms with E-state index in [4.69, 9.17) is 9.47 Å². The fourth-order valence-electron chi connectivity index (χ4n) is 1.96. The molecule has 0 saturated carbocycles. The SMILES string of the molecule is Cc1cc(C)c(CO)c(OCCOc2ccccc2)n1. The maximum atomic E-state index is 9.37. The van der Waals surface area contributed by atoms with Crippen molar-refractivity contribution in [2.45, 2.75) is 20.5 Å². The van der Waals surface area contributed by atoms with Crippen LogP contribution in [0.3, 0.4) is 0 Å². The smallest absolute Gasteiger partial charge is 0.219 e. The molecule has 4 heteroatoms. The number of rotatable bonds is 6. The van der Waals surface area contributed by atoms with E-state index in [0.29, 0.717) is 19.1 Å². The van der Waals surface area contributed by atoms with Gasteiger partial charge in [-0.05, 0) is 37.6 Å². The second-order valence-electron chi connectivity index (χ2n) is 4.53. The Hall–Kier alpha value is -2.07. The first-order chi connectivity index (χ1) is 9.70. The predicted octanol–water partition coefficient (Wildman–Crippen LogP) is 2.65. The molecule has 0 atom stereocenters. The van der Waals surface area contributed by atoms with Gasteiger partial charge in [-0.15, -0.1) is 0 Å². The van der Waals surface area contributed by atoms with Crippen molar-refractivity contribution >= 4 is 0 Å². The van der Waals surface area contributed by atoms with Gasteiger partial charge in [0.2, 0.25) is 5.88 Å². The van der Waals surface area contributed by atoms with Gasteiger partial charge in [-0.25, -0.2) is 4.98 Å². The predicted molar refractivity (Wildman–Crippen MR) is 77.1 cm³/mol. The molecular formula is C16H19NO3. The topological polar surface area (TPSA) is 51.6 Å². The maximum absolute atomic E-state index is 9.37. The van der Waals surface area contributed by atoms with Crippen LogP contribution in [0.15, 0.2) is 36.4 Å². The molecule has 0 aliphatic heterocycles. The van der Waals surface area contributed by atoms with Crippen molar-refractivity contribution in [3.05, 3.63) is 53.2 Å². The molecule has 0 amide bonds. The second kappa shape index (κ2) is 6.91. The summed E-state index contributed by atoms with van der Waals surface area (Å²) in [5, 5.41) is 9.37. The van der Waals surface area contributed by atoms with E-state index in [1.807, 2.05) is 50.2 Å². The van der Waals surface area contributed by atoms with Gasteiger partial charge in [0.15, 0.2) is 0 Å². The van der Waals surface area contributed by atoms with Crippen LogP contribution < -0.4 is 9.47 Å². The molecule has 0 saturated heterocycles. The van der Waals surface area contributed by atoms with Crippen molar-refractivity contribution in [3.63, 3.8) is 0 Å². The molecule has 106 valence electrons. The first-order valence-electron chi connectivity index (χ1n) is 6.59. The monoisotopic (exact) mass is 273 g/mol. The van der Waals surface area contributed by atoms with Gasteiger partial charge in [0.25, 0.3) is 0 Å². The standard InChI is InChI=1S/C16H19NO3/c1-12-10-13(2)17-16(15(12)11-18)20-9-8-19-14-6-4-3-5-7-14/h3-7,10,18H,8-9,11H2,1-2H3. The number of aliphatic hydroxyl groups excluding tert-OH is 1. The van der Waals surface area contributed by atoms with E-state index in [-0.39, 0.29) is 6.61 Å². The summed E-state index contributed by atoms with van der Waals surface area (Å²) in [6.45, 7) is 4.59. The quantitative estimate of drug-likeness (QED) is 0.822. The molecule has 20 heavy (non-hydrogen) atoms. The van der Waals surface area contributed by atoms with Crippen LogP contribution in [0, 0.1) is 13.8 Å². The number of para-hydroxylation sites is 1. The summed E-state index contributed by atoms with van der Waals surface area (Å²) in [6.07, 6.45) is 0. The van der Waals surface area contributed by atoms with Crippen LogP contribution in [-0.4, -0.2) is 23.3 Å². The number of aromatic nitrogens is 1. The van der Waals surface area contributed by atoms with E-state index >= 15 is 0 Å². The molecule has 1 N–H and O–H groups in total. The molecule has 0 spiro atoms. The molecule has 1 heterocycles. The highest BCUT2D eigenvalue weighted by Gasteiger charge is 2.09. The third-order valence-corrected chi connectivity index (χ3v) is 2.93. The Morgan fingerprint density at radius 3 is 2.45 bits per heavy atom. The lowest BCUT2D eigenvalue weighted by Crippen LogP contribution is -2.12. The molecule has 1 aromatic carbocycles. The van der Waals surface area contributed by atoms with E-state index in [0.717, 1.165) is 22.6 Å². The van der Waals surface area contributed by atoms with Crippen LogP contribution in [0.25, 0.3) is 0 Å². The lowest BCUT2D eigenvalue weighted by Gasteiger charge is -2.12. The summed E-state index contributed by atoms with van der Waals surface area (Å²) in [5.41, 5.74) is 2.59. The molecule has 0 unspecified atom stereocenters. The van der Waals surface area contributed by atoms with Gasteiger partial charge in [0, 0.05) is 11.3 Å². The van der Waals surface area contributed by atoms with Crippen LogP contribution >= 0.6 is 0 Å². The minimum absolute atomic E-state index is 0.0754. The summed E-state index contributed by atoms with van der Waals surface area (Å²) in [7, 11) is 0. The Kier molecular flexibility index (Phi) is 4.96. The third kappa shape index (κ3) is 3.71. The van der Waals surface area contributed by atoms with Gasteiger partial charge in [0.05, 0.1) is 6.61 Å². The fourth-order valence-corrected chi connectivity index (χ4v) is 1.96. The Bertz CT molecular complexity index is 555. The van der Waals surface area contributed by atoms with Gasteiger partial charge < -0.3 is 14.6 Å². The highest BCUT2D eigenvalue weighted by molar-refractivity contribution is 5.35. The van der Waals surface area contributed by atoms with Gasteiger partial charge in [-0.2, -0.15) is 0 Å². The highest BCUT2D eigenvalue weighted by Crippen LogP contribution is 2.20. The van der Waals surface area contributed by atoms with Crippen molar-refractivity contribution in [2.75, 3.05) is 13.2 Å². The van der Waals surface area contributed by atoms with E-state index in [1.54, 1.807) is 0 Å². The molecule has 0 fully saturated rings. The zero-order valence-electron chi connectivity index (χ0n) is 11.8. The summed E-state index contributed by atoms with van der Waals surface area (Å²) < 4.78 is 11.2. The van der Waals surface area contributed by atoms with Crippen molar-refractivity contribution in [2.24, 2.45) is 0 Å². The Labute approximate surface area is 119 Å². The lowest BCUT2D eigenvalue weighted by atomic mass is 10.1. The largest absolute Gasteiger partial charge is 0.490 e. The minimum Gasteiger partial charge on any atom is -0.490 e. The molecule has 0 radical (unpaired) electrons. The van der Waals surface area contributed by atoms with Crippen molar-refractivity contribution in [1.82, 2.24) is 4.98 Å². The summed E-state index contributed by atoms with van der Waals surface area (Å²) in [5.74, 6) is 1.30. The lowest BCUT2D eigenvalue weighted by molar-refractivity contribution is 0.203. The number of nitrogens with zero attached hydrogens (tertiary/aromatic N) is 1. The number of aryl methyl sites for hydroxylation is 2. The van der Waals surface area contributed by atoms with Crippen molar-refractivity contribution in [1.29, 1.82) is 0 Å². The molecule has 0 aliphatic carbocycles. The highest BCUT2D eigenvalue weighted by atomic mass is 16.5. The Balaban J connectivity index is 1.91. The van der Waals surface area contributed by atoms with E-state index in [1.165, 1.54) is 0 Å². The normalized spacial score (nSPS) is 10.3. The van der Waals surface area contributed by atoms with Crippen LogP contribution in [0.1, 0.15) is 16.8 Å². The Morgan fingerprint density at radius 2 is 1.75 bits per heavy atom. The number of pyridine rings is 1. The maximum Gasteiger partial charge on any atom is 0.219 e. The third-order valence-electron chi connectivity index (χ3n) is 2.93. The zero-order valence-corrected chi connectivity index (χ0v) is 11.8. The number of ether oxygens (including phenoxy) is 2. The molecule has 1 aromatic heterocycles. The minimum atomic E-state index is -0.0754. The molecule has 2 rings (SSSR count). The number of hydrogen-bond donors (Lipinski definition) is 1. The molecule has 2 aromatic rings.